The zero-order chi connectivity index (χ0) is 17.6. The number of hydrogen-bond donors (Lipinski definition) is 2. The Morgan fingerprint density at radius 2 is 1.83 bits per heavy atom. The van der Waals surface area contributed by atoms with Crippen LogP contribution in [0, 0.1) is 5.92 Å². The van der Waals surface area contributed by atoms with E-state index in [-0.39, 0.29) is 17.7 Å². The number of aryl methyl sites for hydroxylation is 1. The van der Waals surface area contributed by atoms with Gasteiger partial charge >= 0.3 is 0 Å². The SMILES string of the molecule is CC(C)(N)CNC(=O)C1CCN(C(=O)CCc2ccccc2)CC1. The third kappa shape index (κ3) is 5.96. The number of nitrogens with two attached hydrogens (primary N) is 1. The molecule has 3 N–H and O–H groups in total. The average Bonchev–Trinajstić information content (AvgIpc) is 2.58. The summed E-state index contributed by atoms with van der Waals surface area (Å²) in [6.07, 6.45) is 2.76. The van der Waals surface area contributed by atoms with Crippen LogP contribution in [-0.4, -0.2) is 41.9 Å². The minimum Gasteiger partial charge on any atom is -0.354 e. The van der Waals surface area contributed by atoms with Crippen LogP contribution in [0.5, 0.6) is 0 Å². The van der Waals surface area contributed by atoms with Crippen LogP contribution >= 0.6 is 0 Å². The molecule has 24 heavy (non-hydrogen) atoms. The number of amides is 2. The summed E-state index contributed by atoms with van der Waals surface area (Å²) in [6.45, 7) is 5.58. The van der Waals surface area contributed by atoms with Gasteiger partial charge in [0, 0.05) is 37.5 Å². The fraction of sp³-hybridized carbons (Fsp3) is 0.579. The lowest BCUT2D eigenvalue weighted by atomic mass is 9.95. The highest BCUT2D eigenvalue weighted by Crippen LogP contribution is 2.18. The fourth-order valence-electron chi connectivity index (χ4n) is 2.90. The maximum absolute atomic E-state index is 12.3. The number of nitrogens with zero attached hydrogens (tertiary/aromatic N) is 1. The minimum absolute atomic E-state index is 0.00877. The van der Waals surface area contributed by atoms with Crippen LogP contribution in [0.2, 0.25) is 0 Å². The Morgan fingerprint density at radius 3 is 2.42 bits per heavy atom. The standard InChI is InChI=1S/C19H29N3O2/c1-19(2,20)14-21-18(24)16-10-12-22(13-11-16)17(23)9-8-15-6-4-3-5-7-15/h3-7,16H,8-14,20H2,1-2H3,(H,21,24). The Labute approximate surface area is 144 Å². The first kappa shape index (κ1) is 18.5. The molecular formula is C19H29N3O2. The number of rotatable bonds is 6. The molecule has 2 amide bonds. The van der Waals surface area contributed by atoms with E-state index in [4.69, 9.17) is 5.73 Å². The summed E-state index contributed by atoms with van der Waals surface area (Å²) in [5.41, 5.74) is 6.67. The number of likely N-dealkylation sites (tertiary alicyclic amines) is 1. The van der Waals surface area contributed by atoms with Crippen LogP contribution in [0.4, 0.5) is 0 Å². The average molecular weight is 331 g/mol. The molecule has 2 rings (SSSR count). The van der Waals surface area contributed by atoms with Gasteiger partial charge in [0.15, 0.2) is 0 Å². The topological polar surface area (TPSA) is 75.4 Å². The Kier molecular flexibility index (Phi) is 6.37. The molecule has 132 valence electrons. The van der Waals surface area contributed by atoms with E-state index < -0.39 is 5.54 Å². The van der Waals surface area contributed by atoms with E-state index in [1.807, 2.05) is 49.1 Å². The monoisotopic (exact) mass is 331 g/mol. The lowest BCUT2D eigenvalue weighted by Gasteiger charge is -2.32. The second kappa shape index (κ2) is 8.29. The number of benzene rings is 1. The molecule has 1 aromatic carbocycles. The highest BCUT2D eigenvalue weighted by molar-refractivity contribution is 5.80. The normalized spacial score (nSPS) is 16.0. The molecule has 1 saturated heterocycles. The lowest BCUT2D eigenvalue weighted by molar-refractivity contribution is -0.135. The first-order valence-corrected chi connectivity index (χ1v) is 8.73. The van der Waals surface area contributed by atoms with Gasteiger partial charge in [0.1, 0.15) is 0 Å². The van der Waals surface area contributed by atoms with Crippen molar-refractivity contribution < 1.29 is 9.59 Å². The second-order valence-electron chi connectivity index (χ2n) is 7.35. The number of carbonyl (C=O) groups excluding carboxylic acids is 2. The van der Waals surface area contributed by atoms with Crippen molar-refractivity contribution in [3.05, 3.63) is 35.9 Å². The Balaban J connectivity index is 1.71. The van der Waals surface area contributed by atoms with Crippen molar-refractivity contribution in [2.45, 2.75) is 45.1 Å². The molecule has 1 fully saturated rings. The van der Waals surface area contributed by atoms with Gasteiger partial charge in [0.2, 0.25) is 11.8 Å². The van der Waals surface area contributed by atoms with Crippen molar-refractivity contribution in [2.75, 3.05) is 19.6 Å². The quantitative estimate of drug-likeness (QED) is 0.833. The Bertz CT molecular complexity index is 543. The van der Waals surface area contributed by atoms with Crippen molar-refractivity contribution in [1.29, 1.82) is 0 Å². The first-order chi connectivity index (χ1) is 11.3. The number of nitrogens with one attached hydrogen (secondary N) is 1. The number of hydrogen-bond acceptors (Lipinski definition) is 3. The van der Waals surface area contributed by atoms with E-state index in [1.54, 1.807) is 0 Å². The highest BCUT2D eigenvalue weighted by Gasteiger charge is 2.27. The van der Waals surface area contributed by atoms with Gasteiger partial charge in [-0.2, -0.15) is 0 Å². The van der Waals surface area contributed by atoms with Gasteiger partial charge in [-0.05, 0) is 38.7 Å². The van der Waals surface area contributed by atoms with Crippen molar-refractivity contribution in [3.8, 4) is 0 Å². The summed E-state index contributed by atoms with van der Waals surface area (Å²) in [7, 11) is 0. The van der Waals surface area contributed by atoms with Gasteiger partial charge in [0.25, 0.3) is 0 Å². The molecule has 0 spiro atoms. The van der Waals surface area contributed by atoms with Crippen LogP contribution < -0.4 is 11.1 Å². The van der Waals surface area contributed by atoms with Crippen LogP contribution in [0.3, 0.4) is 0 Å². The summed E-state index contributed by atoms with van der Waals surface area (Å²) in [5.74, 6) is 0.233. The van der Waals surface area contributed by atoms with Crippen LogP contribution in [0.15, 0.2) is 30.3 Å². The number of piperidine rings is 1. The molecule has 0 atom stereocenters. The van der Waals surface area contributed by atoms with E-state index in [1.165, 1.54) is 5.56 Å². The smallest absolute Gasteiger partial charge is 0.223 e. The van der Waals surface area contributed by atoms with E-state index in [9.17, 15) is 9.59 Å². The third-order valence-corrected chi connectivity index (χ3v) is 4.41. The van der Waals surface area contributed by atoms with Crippen molar-refractivity contribution >= 4 is 11.8 Å². The van der Waals surface area contributed by atoms with Gasteiger partial charge in [-0.15, -0.1) is 0 Å². The molecule has 1 aromatic rings. The van der Waals surface area contributed by atoms with E-state index in [2.05, 4.69) is 5.32 Å². The molecule has 1 heterocycles. The molecule has 0 aliphatic carbocycles. The lowest BCUT2D eigenvalue weighted by Crippen LogP contribution is -2.48. The van der Waals surface area contributed by atoms with Gasteiger partial charge < -0.3 is 16.0 Å². The van der Waals surface area contributed by atoms with Gasteiger partial charge in [-0.25, -0.2) is 0 Å². The Hall–Kier alpha value is -1.88. The summed E-state index contributed by atoms with van der Waals surface area (Å²) in [6, 6.07) is 10.1. The van der Waals surface area contributed by atoms with Crippen LogP contribution in [0.25, 0.3) is 0 Å². The van der Waals surface area contributed by atoms with Gasteiger partial charge in [0.05, 0.1) is 0 Å². The van der Waals surface area contributed by atoms with Crippen molar-refractivity contribution in [3.63, 3.8) is 0 Å². The fourth-order valence-corrected chi connectivity index (χ4v) is 2.90. The maximum Gasteiger partial charge on any atom is 0.223 e. The zero-order valence-corrected chi connectivity index (χ0v) is 14.8. The highest BCUT2D eigenvalue weighted by atomic mass is 16.2. The predicted octanol–water partition coefficient (Wildman–Crippen LogP) is 1.71. The van der Waals surface area contributed by atoms with E-state index >= 15 is 0 Å². The zero-order valence-electron chi connectivity index (χ0n) is 14.8. The molecule has 1 aliphatic rings. The van der Waals surface area contributed by atoms with Crippen molar-refractivity contribution in [1.82, 2.24) is 10.2 Å². The maximum atomic E-state index is 12.3. The Morgan fingerprint density at radius 1 is 1.21 bits per heavy atom. The molecule has 5 heteroatoms. The van der Waals surface area contributed by atoms with Crippen LogP contribution in [0.1, 0.15) is 38.7 Å². The molecule has 0 radical (unpaired) electrons. The van der Waals surface area contributed by atoms with E-state index in [0.717, 1.165) is 19.3 Å². The van der Waals surface area contributed by atoms with Gasteiger partial charge in [-0.1, -0.05) is 30.3 Å². The molecule has 1 aliphatic heterocycles. The number of carbonyl (C=O) groups is 2. The molecular weight excluding hydrogens is 302 g/mol. The van der Waals surface area contributed by atoms with Crippen molar-refractivity contribution in [2.24, 2.45) is 11.7 Å². The third-order valence-electron chi connectivity index (χ3n) is 4.41. The summed E-state index contributed by atoms with van der Waals surface area (Å²) >= 11 is 0. The molecule has 0 saturated carbocycles. The van der Waals surface area contributed by atoms with Crippen LogP contribution in [-0.2, 0) is 16.0 Å². The summed E-state index contributed by atoms with van der Waals surface area (Å²) in [5, 5.41) is 2.92. The molecule has 5 nitrogen and oxygen atoms in total. The minimum atomic E-state index is -0.399. The van der Waals surface area contributed by atoms with E-state index in [0.29, 0.717) is 26.1 Å². The molecule has 0 aromatic heterocycles. The first-order valence-electron chi connectivity index (χ1n) is 8.73. The largest absolute Gasteiger partial charge is 0.354 e. The summed E-state index contributed by atoms with van der Waals surface area (Å²) in [4.78, 5) is 26.4. The second-order valence-corrected chi connectivity index (χ2v) is 7.35. The predicted molar refractivity (Wildman–Crippen MR) is 95.3 cm³/mol. The molecule has 0 bridgehead atoms. The van der Waals surface area contributed by atoms with Gasteiger partial charge in [-0.3, -0.25) is 9.59 Å². The summed E-state index contributed by atoms with van der Waals surface area (Å²) < 4.78 is 0. The molecule has 0 unspecified atom stereocenters.